The molecule has 0 amide bonds. The molecule has 0 saturated carbocycles. The molecule has 5 heteroatoms. The van der Waals surface area contributed by atoms with Crippen LogP contribution in [-0.4, -0.2) is 19.7 Å². The van der Waals surface area contributed by atoms with Crippen LogP contribution < -0.4 is 5.73 Å². The van der Waals surface area contributed by atoms with E-state index in [9.17, 15) is 0 Å². The van der Waals surface area contributed by atoms with Gasteiger partial charge in [-0.2, -0.15) is 5.10 Å². The third-order valence-electron chi connectivity index (χ3n) is 3.43. The molecule has 1 aromatic carbocycles. The van der Waals surface area contributed by atoms with Crippen molar-refractivity contribution in [2.75, 3.05) is 5.73 Å². The maximum Gasteiger partial charge on any atom is 0.251 e. The van der Waals surface area contributed by atoms with Gasteiger partial charge in [-0.3, -0.25) is 0 Å². The predicted molar refractivity (Wildman–Crippen MR) is 79.8 cm³/mol. The number of para-hydroxylation sites is 1. The molecule has 0 aliphatic rings. The van der Waals surface area contributed by atoms with Crippen LogP contribution in [0.2, 0.25) is 0 Å². The van der Waals surface area contributed by atoms with E-state index in [1.807, 2.05) is 37.4 Å². The minimum Gasteiger partial charge on any atom is -0.396 e. The lowest BCUT2D eigenvalue weighted by molar-refractivity contribution is 0.751. The van der Waals surface area contributed by atoms with Crippen LogP contribution in [0, 0.1) is 0 Å². The summed E-state index contributed by atoms with van der Waals surface area (Å²) in [5.41, 5.74) is 9.67. The lowest BCUT2D eigenvalue weighted by atomic mass is 10.2. The molecular formula is C15H17N5. The van der Waals surface area contributed by atoms with Crippen molar-refractivity contribution >= 4 is 16.6 Å². The highest BCUT2D eigenvalue weighted by Gasteiger charge is 2.15. The highest BCUT2D eigenvalue weighted by atomic mass is 15.4. The highest BCUT2D eigenvalue weighted by Crippen LogP contribution is 2.21. The van der Waals surface area contributed by atoms with Crippen LogP contribution >= 0.6 is 0 Å². The van der Waals surface area contributed by atoms with Crippen LogP contribution in [0.4, 0.5) is 5.69 Å². The molecule has 0 spiro atoms. The Bertz CT molecular complexity index is 760. The van der Waals surface area contributed by atoms with E-state index >= 15 is 0 Å². The minimum atomic E-state index is 0.576. The zero-order valence-electron chi connectivity index (χ0n) is 11.7. The van der Waals surface area contributed by atoms with Crippen molar-refractivity contribution < 1.29 is 0 Å². The Labute approximate surface area is 117 Å². The minimum absolute atomic E-state index is 0.576. The number of rotatable bonds is 3. The summed E-state index contributed by atoms with van der Waals surface area (Å²) in [6, 6.07) is 7.91. The molecule has 0 saturated heterocycles. The summed E-state index contributed by atoms with van der Waals surface area (Å²) in [7, 11) is 0. The average Bonchev–Trinajstić information content (AvgIpc) is 2.82. The van der Waals surface area contributed by atoms with Gasteiger partial charge in [0.1, 0.15) is 0 Å². The summed E-state index contributed by atoms with van der Waals surface area (Å²) in [6.45, 7) is 4.11. The number of benzene rings is 1. The second-order valence-electron chi connectivity index (χ2n) is 4.65. The number of fused-ring (bicyclic) bond motifs is 1. The fourth-order valence-electron chi connectivity index (χ4n) is 2.35. The summed E-state index contributed by atoms with van der Waals surface area (Å²) in [4.78, 5) is 8.98. The normalized spacial score (nSPS) is 11.1. The second-order valence-corrected chi connectivity index (χ2v) is 4.65. The Kier molecular flexibility index (Phi) is 3.10. The molecule has 0 bridgehead atoms. The summed E-state index contributed by atoms with van der Waals surface area (Å²) >= 11 is 0. The van der Waals surface area contributed by atoms with Gasteiger partial charge in [0.15, 0.2) is 0 Å². The van der Waals surface area contributed by atoms with Gasteiger partial charge < -0.3 is 5.73 Å². The average molecular weight is 267 g/mol. The van der Waals surface area contributed by atoms with Gasteiger partial charge in [0.25, 0.3) is 5.95 Å². The van der Waals surface area contributed by atoms with Crippen molar-refractivity contribution in [3.63, 3.8) is 0 Å². The number of nitrogens with two attached hydrogens (primary N) is 1. The van der Waals surface area contributed by atoms with Gasteiger partial charge in [0.05, 0.1) is 22.6 Å². The van der Waals surface area contributed by atoms with Crippen molar-refractivity contribution in [2.24, 2.45) is 0 Å². The maximum absolute atomic E-state index is 6.14. The Balaban J connectivity index is 2.19. The van der Waals surface area contributed by atoms with Gasteiger partial charge in [-0.05, 0) is 18.9 Å². The van der Waals surface area contributed by atoms with Crippen LogP contribution in [0.25, 0.3) is 16.9 Å². The second kappa shape index (κ2) is 4.92. The van der Waals surface area contributed by atoms with E-state index in [4.69, 9.17) is 5.73 Å². The number of anilines is 1. The molecule has 2 aromatic heterocycles. The first-order valence-corrected chi connectivity index (χ1v) is 6.83. The third-order valence-corrected chi connectivity index (χ3v) is 3.43. The number of hydrogen-bond donors (Lipinski definition) is 1. The van der Waals surface area contributed by atoms with E-state index < -0.39 is 0 Å². The first kappa shape index (κ1) is 12.6. The summed E-state index contributed by atoms with van der Waals surface area (Å²) in [5, 5.41) is 5.56. The van der Waals surface area contributed by atoms with E-state index in [1.54, 1.807) is 4.68 Å². The van der Waals surface area contributed by atoms with E-state index in [2.05, 4.69) is 22.0 Å². The number of aromatic nitrogens is 4. The SMILES string of the molecule is CCc1nn(-c2ncc3ccccc3n2)c(CC)c1N. The van der Waals surface area contributed by atoms with Crippen molar-refractivity contribution in [3.05, 3.63) is 41.9 Å². The molecule has 0 aliphatic heterocycles. The molecule has 102 valence electrons. The van der Waals surface area contributed by atoms with E-state index in [-0.39, 0.29) is 0 Å². The van der Waals surface area contributed by atoms with Crippen LogP contribution in [0.15, 0.2) is 30.5 Å². The zero-order valence-corrected chi connectivity index (χ0v) is 11.7. The first-order chi connectivity index (χ1) is 9.74. The molecule has 3 rings (SSSR count). The molecule has 0 aliphatic carbocycles. The fraction of sp³-hybridized carbons (Fsp3) is 0.267. The molecule has 0 radical (unpaired) electrons. The number of aryl methyl sites for hydroxylation is 1. The molecule has 3 aromatic rings. The van der Waals surface area contributed by atoms with Crippen molar-refractivity contribution in [3.8, 4) is 5.95 Å². The quantitative estimate of drug-likeness (QED) is 0.791. The highest BCUT2D eigenvalue weighted by molar-refractivity contribution is 5.77. The first-order valence-electron chi connectivity index (χ1n) is 6.83. The van der Waals surface area contributed by atoms with Crippen LogP contribution in [0.5, 0.6) is 0 Å². The Morgan fingerprint density at radius 1 is 1.15 bits per heavy atom. The molecule has 2 N–H and O–H groups in total. The molecular weight excluding hydrogens is 250 g/mol. The van der Waals surface area contributed by atoms with Crippen LogP contribution in [0.1, 0.15) is 25.2 Å². The molecule has 0 fully saturated rings. The van der Waals surface area contributed by atoms with Crippen molar-refractivity contribution in [2.45, 2.75) is 26.7 Å². The number of nitrogen functional groups attached to an aromatic ring is 1. The third kappa shape index (κ3) is 1.91. The van der Waals surface area contributed by atoms with Crippen LogP contribution in [0.3, 0.4) is 0 Å². The molecule has 2 heterocycles. The standard InChI is InChI=1S/C15H17N5/c1-3-11-14(16)13(4-2)20(19-11)15-17-9-10-7-5-6-8-12(10)18-15/h5-9H,3-4,16H2,1-2H3. The number of nitrogens with zero attached hydrogens (tertiary/aromatic N) is 4. The molecule has 5 nitrogen and oxygen atoms in total. The van der Waals surface area contributed by atoms with Gasteiger partial charge in [-0.25, -0.2) is 14.6 Å². The van der Waals surface area contributed by atoms with E-state index in [1.165, 1.54) is 0 Å². The maximum atomic E-state index is 6.14. The largest absolute Gasteiger partial charge is 0.396 e. The van der Waals surface area contributed by atoms with Gasteiger partial charge in [0, 0.05) is 11.6 Å². The number of hydrogen-bond acceptors (Lipinski definition) is 4. The Morgan fingerprint density at radius 2 is 1.95 bits per heavy atom. The topological polar surface area (TPSA) is 69.6 Å². The Morgan fingerprint density at radius 3 is 2.70 bits per heavy atom. The summed E-state index contributed by atoms with van der Waals surface area (Å²) < 4.78 is 1.76. The summed E-state index contributed by atoms with van der Waals surface area (Å²) in [6.07, 6.45) is 3.43. The Hall–Kier alpha value is -2.43. The smallest absolute Gasteiger partial charge is 0.251 e. The van der Waals surface area contributed by atoms with Crippen molar-refractivity contribution in [1.82, 2.24) is 19.7 Å². The van der Waals surface area contributed by atoms with Gasteiger partial charge in [-0.1, -0.05) is 32.0 Å². The molecule has 0 atom stereocenters. The van der Waals surface area contributed by atoms with Crippen molar-refractivity contribution in [1.29, 1.82) is 0 Å². The summed E-state index contributed by atoms with van der Waals surface area (Å²) in [5.74, 6) is 0.576. The van der Waals surface area contributed by atoms with E-state index in [0.717, 1.165) is 40.8 Å². The monoisotopic (exact) mass is 267 g/mol. The van der Waals surface area contributed by atoms with Crippen LogP contribution in [-0.2, 0) is 12.8 Å². The lowest BCUT2D eigenvalue weighted by Crippen LogP contribution is -2.07. The fourth-order valence-corrected chi connectivity index (χ4v) is 2.35. The predicted octanol–water partition coefficient (Wildman–Crippen LogP) is 2.52. The lowest BCUT2D eigenvalue weighted by Gasteiger charge is -2.05. The van der Waals surface area contributed by atoms with E-state index in [0.29, 0.717) is 5.95 Å². The zero-order chi connectivity index (χ0) is 14.1. The van der Waals surface area contributed by atoms with Gasteiger partial charge in [-0.15, -0.1) is 0 Å². The molecule has 0 unspecified atom stereocenters. The molecule has 20 heavy (non-hydrogen) atoms. The van der Waals surface area contributed by atoms with Gasteiger partial charge >= 0.3 is 0 Å². The van der Waals surface area contributed by atoms with Gasteiger partial charge in [0.2, 0.25) is 0 Å².